The first kappa shape index (κ1) is 17.1. The molecule has 2 heteroatoms. The highest BCUT2D eigenvalue weighted by Gasteiger charge is 2.01. The Morgan fingerprint density at radius 3 is 2.41 bits per heavy atom. The summed E-state index contributed by atoms with van der Waals surface area (Å²) in [5.41, 5.74) is 2.68. The fourth-order valence-electron chi connectivity index (χ4n) is 3.07. The van der Waals surface area contributed by atoms with Crippen molar-refractivity contribution < 1.29 is 0 Å². The standard InChI is InChI=1S/C20H32N2/c1-2-3-4-5-6-7-8-11-15-21-16-14-18-17-22-20-13-10-9-12-19(18)20/h9-10,12-13,17,21-22H,2-8,11,14-16H2,1H3. The quantitative estimate of drug-likeness (QED) is 0.502. The van der Waals surface area contributed by atoms with Crippen molar-refractivity contribution in [3.63, 3.8) is 0 Å². The SMILES string of the molecule is CCCCCCCCCCNCCc1c[nH]c2ccccc12. The molecule has 2 rings (SSSR count). The van der Waals surface area contributed by atoms with Crippen LogP contribution in [0.25, 0.3) is 10.9 Å². The van der Waals surface area contributed by atoms with E-state index in [0.29, 0.717) is 0 Å². The summed E-state index contributed by atoms with van der Waals surface area (Å²) < 4.78 is 0. The van der Waals surface area contributed by atoms with E-state index in [2.05, 4.69) is 47.7 Å². The van der Waals surface area contributed by atoms with Crippen LogP contribution in [0.15, 0.2) is 30.5 Å². The Labute approximate surface area is 135 Å². The molecule has 22 heavy (non-hydrogen) atoms. The first-order valence-electron chi connectivity index (χ1n) is 9.17. The van der Waals surface area contributed by atoms with Crippen LogP contribution in [-0.4, -0.2) is 18.1 Å². The molecule has 0 radical (unpaired) electrons. The van der Waals surface area contributed by atoms with E-state index in [-0.39, 0.29) is 0 Å². The summed E-state index contributed by atoms with van der Waals surface area (Å²) in [7, 11) is 0. The van der Waals surface area contributed by atoms with Gasteiger partial charge in [-0.3, -0.25) is 0 Å². The molecule has 2 aromatic rings. The van der Waals surface area contributed by atoms with Gasteiger partial charge in [0.15, 0.2) is 0 Å². The molecule has 0 saturated heterocycles. The van der Waals surface area contributed by atoms with E-state index in [1.807, 2.05) is 0 Å². The zero-order valence-electron chi connectivity index (χ0n) is 14.2. The van der Waals surface area contributed by atoms with Gasteiger partial charge in [-0.1, -0.05) is 70.1 Å². The molecule has 0 unspecified atom stereocenters. The molecule has 0 aliphatic carbocycles. The second-order valence-electron chi connectivity index (χ2n) is 6.33. The van der Waals surface area contributed by atoms with Crippen molar-refractivity contribution in [1.82, 2.24) is 10.3 Å². The van der Waals surface area contributed by atoms with Gasteiger partial charge in [0.05, 0.1) is 0 Å². The zero-order chi connectivity index (χ0) is 15.5. The summed E-state index contributed by atoms with van der Waals surface area (Å²) >= 11 is 0. The largest absolute Gasteiger partial charge is 0.361 e. The van der Waals surface area contributed by atoms with E-state index >= 15 is 0 Å². The molecule has 2 nitrogen and oxygen atoms in total. The van der Waals surface area contributed by atoms with E-state index in [9.17, 15) is 0 Å². The van der Waals surface area contributed by atoms with Crippen LogP contribution in [0.4, 0.5) is 0 Å². The highest BCUT2D eigenvalue weighted by atomic mass is 14.8. The maximum absolute atomic E-state index is 3.59. The fraction of sp³-hybridized carbons (Fsp3) is 0.600. The van der Waals surface area contributed by atoms with E-state index in [1.54, 1.807) is 0 Å². The molecule has 0 aliphatic rings. The van der Waals surface area contributed by atoms with E-state index in [4.69, 9.17) is 0 Å². The predicted molar refractivity (Wildman–Crippen MR) is 97.5 cm³/mol. The molecule has 0 atom stereocenters. The second kappa shape index (κ2) is 10.4. The Kier molecular flexibility index (Phi) is 8.11. The van der Waals surface area contributed by atoms with Crippen molar-refractivity contribution in [1.29, 1.82) is 0 Å². The molecule has 0 saturated carbocycles. The number of benzene rings is 1. The van der Waals surface area contributed by atoms with E-state index in [1.165, 1.54) is 67.8 Å². The van der Waals surface area contributed by atoms with E-state index in [0.717, 1.165) is 19.5 Å². The molecule has 2 N–H and O–H groups in total. The molecule has 0 bridgehead atoms. The Morgan fingerprint density at radius 2 is 1.59 bits per heavy atom. The van der Waals surface area contributed by atoms with Crippen LogP contribution in [0.2, 0.25) is 0 Å². The first-order chi connectivity index (χ1) is 10.9. The summed E-state index contributed by atoms with van der Waals surface area (Å²) in [6.07, 6.45) is 14.4. The molecular weight excluding hydrogens is 268 g/mol. The highest BCUT2D eigenvalue weighted by Crippen LogP contribution is 2.17. The molecule has 0 fully saturated rings. The van der Waals surface area contributed by atoms with Gasteiger partial charge in [-0.15, -0.1) is 0 Å². The maximum Gasteiger partial charge on any atom is 0.0456 e. The molecule has 0 spiro atoms. The molecule has 1 heterocycles. The van der Waals surface area contributed by atoms with Gasteiger partial charge in [0.2, 0.25) is 0 Å². The van der Waals surface area contributed by atoms with Gasteiger partial charge >= 0.3 is 0 Å². The Bertz CT molecular complexity index is 515. The second-order valence-corrected chi connectivity index (χ2v) is 6.33. The van der Waals surface area contributed by atoms with Crippen molar-refractivity contribution in [2.75, 3.05) is 13.1 Å². The average molecular weight is 300 g/mol. The number of aromatic amines is 1. The minimum Gasteiger partial charge on any atom is -0.361 e. The third kappa shape index (κ3) is 5.84. The van der Waals surface area contributed by atoms with Crippen molar-refractivity contribution >= 4 is 10.9 Å². The number of fused-ring (bicyclic) bond motifs is 1. The summed E-state index contributed by atoms with van der Waals surface area (Å²) in [5.74, 6) is 0. The Hall–Kier alpha value is -1.28. The van der Waals surface area contributed by atoms with Crippen LogP contribution in [0, 0.1) is 0 Å². The van der Waals surface area contributed by atoms with E-state index < -0.39 is 0 Å². The number of nitrogens with one attached hydrogen (secondary N) is 2. The van der Waals surface area contributed by atoms with Crippen LogP contribution in [0.3, 0.4) is 0 Å². The number of hydrogen-bond acceptors (Lipinski definition) is 1. The van der Waals surface area contributed by atoms with Gasteiger partial charge in [0.25, 0.3) is 0 Å². The molecule has 0 aliphatic heterocycles. The van der Waals surface area contributed by atoms with Gasteiger partial charge in [-0.05, 0) is 37.6 Å². The fourth-order valence-corrected chi connectivity index (χ4v) is 3.07. The number of hydrogen-bond donors (Lipinski definition) is 2. The zero-order valence-corrected chi connectivity index (χ0v) is 14.2. The predicted octanol–water partition coefficient (Wildman–Crippen LogP) is 5.44. The Balaban J connectivity index is 1.48. The average Bonchev–Trinajstić information content (AvgIpc) is 2.96. The monoisotopic (exact) mass is 300 g/mol. The minimum atomic E-state index is 1.08. The smallest absolute Gasteiger partial charge is 0.0456 e. The lowest BCUT2D eigenvalue weighted by molar-refractivity contribution is 0.556. The Morgan fingerprint density at radius 1 is 0.864 bits per heavy atom. The van der Waals surface area contributed by atoms with Crippen molar-refractivity contribution in [3.8, 4) is 0 Å². The van der Waals surface area contributed by atoms with Crippen molar-refractivity contribution in [2.45, 2.75) is 64.7 Å². The normalized spacial score (nSPS) is 11.3. The third-order valence-electron chi connectivity index (χ3n) is 4.45. The van der Waals surface area contributed by atoms with Crippen molar-refractivity contribution in [2.24, 2.45) is 0 Å². The molecule has 1 aromatic carbocycles. The van der Waals surface area contributed by atoms with Crippen LogP contribution in [-0.2, 0) is 6.42 Å². The lowest BCUT2D eigenvalue weighted by Crippen LogP contribution is -2.18. The summed E-state index contributed by atoms with van der Waals surface area (Å²) in [6.45, 7) is 4.53. The maximum atomic E-state index is 3.59. The molecule has 0 amide bonds. The number of H-pyrrole nitrogens is 1. The summed E-state index contributed by atoms with van der Waals surface area (Å²) in [6, 6.07) is 8.56. The summed E-state index contributed by atoms with van der Waals surface area (Å²) in [5, 5.41) is 4.96. The minimum absolute atomic E-state index is 1.08. The van der Waals surface area contributed by atoms with Gasteiger partial charge < -0.3 is 10.3 Å². The first-order valence-corrected chi connectivity index (χ1v) is 9.17. The number of para-hydroxylation sites is 1. The van der Waals surface area contributed by atoms with Gasteiger partial charge in [-0.2, -0.15) is 0 Å². The molecule has 122 valence electrons. The number of aromatic nitrogens is 1. The third-order valence-corrected chi connectivity index (χ3v) is 4.45. The lowest BCUT2D eigenvalue weighted by Gasteiger charge is -2.05. The van der Waals surface area contributed by atoms with Gasteiger partial charge in [-0.25, -0.2) is 0 Å². The van der Waals surface area contributed by atoms with Gasteiger partial charge in [0.1, 0.15) is 0 Å². The topological polar surface area (TPSA) is 27.8 Å². The highest BCUT2D eigenvalue weighted by molar-refractivity contribution is 5.83. The van der Waals surface area contributed by atoms with Crippen LogP contribution >= 0.6 is 0 Å². The van der Waals surface area contributed by atoms with Crippen molar-refractivity contribution in [3.05, 3.63) is 36.0 Å². The molecular formula is C20H32N2. The van der Waals surface area contributed by atoms with Crippen LogP contribution in [0.5, 0.6) is 0 Å². The van der Waals surface area contributed by atoms with Crippen LogP contribution in [0.1, 0.15) is 63.9 Å². The lowest BCUT2D eigenvalue weighted by atomic mass is 10.1. The van der Waals surface area contributed by atoms with Gasteiger partial charge in [0, 0.05) is 17.1 Å². The number of unbranched alkanes of at least 4 members (excludes halogenated alkanes) is 7. The summed E-state index contributed by atoms with van der Waals surface area (Å²) in [4.78, 5) is 3.35. The molecule has 1 aromatic heterocycles. The number of rotatable bonds is 12. The van der Waals surface area contributed by atoms with Crippen LogP contribution < -0.4 is 5.32 Å².